The Labute approximate surface area is 146 Å². The summed E-state index contributed by atoms with van der Waals surface area (Å²) in [5.74, 6) is -0.695. The summed E-state index contributed by atoms with van der Waals surface area (Å²) in [6.07, 6.45) is 0. The first-order valence-electron chi connectivity index (χ1n) is 6.16. The van der Waals surface area contributed by atoms with E-state index in [1.165, 1.54) is 30.3 Å². The fourth-order valence-electron chi connectivity index (χ4n) is 2.02. The van der Waals surface area contributed by atoms with Crippen molar-refractivity contribution in [3.8, 4) is 11.5 Å². The summed E-state index contributed by atoms with van der Waals surface area (Å²) in [4.78, 5) is -0.831. The van der Waals surface area contributed by atoms with E-state index in [2.05, 4.69) is 0 Å². The van der Waals surface area contributed by atoms with Crippen molar-refractivity contribution in [2.24, 2.45) is 0 Å². The maximum Gasteiger partial charge on any atom is 0.343 e. The third kappa shape index (κ3) is 2.91. The van der Waals surface area contributed by atoms with E-state index in [0.29, 0.717) is 0 Å². The van der Waals surface area contributed by atoms with Gasteiger partial charge in [-0.1, -0.05) is 12.1 Å². The molecule has 1 N–H and O–H groups in total. The highest BCUT2D eigenvalue weighted by atomic mass is 127. The molecule has 0 aliphatic carbocycles. The van der Waals surface area contributed by atoms with E-state index in [4.69, 9.17) is 8.37 Å². The molecule has 0 unspecified atom stereocenters. The predicted molar refractivity (Wildman–Crippen MR) is 87.2 cm³/mol. The molecule has 3 rings (SSSR count). The average molecular weight is 468 g/mol. The fraction of sp³-hybridized carbons (Fsp3) is 0.0769. The molecule has 10 heteroatoms. The van der Waals surface area contributed by atoms with E-state index in [9.17, 15) is 21.9 Å². The largest absolute Gasteiger partial charge is 0.392 e. The number of benzene rings is 2. The maximum atomic E-state index is 12.5. The Morgan fingerprint density at radius 3 is 2.30 bits per heavy atom. The van der Waals surface area contributed by atoms with Crippen LogP contribution in [0.4, 0.5) is 0 Å². The van der Waals surface area contributed by atoms with Crippen LogP contribution in [0, 0.1) is 3.57 Å². The van der Waals surface area contributed by atoms with Gasteiger partial charge in [0.2, 0.25) is 0 Å². The Hall–Kier alpha value is -1.37. The molecule has 2 aromatic rings. The van der Waals surface area contributed by atoms with Gasteiger partial charge in [-0.15, -0.1) is 0 Å². The minimum Gasteiger partial charge on any atom is -0.392 e. The molecule has 0 saturated carbocycles. The number of halogens is 1. The summed E-state index contributed by atoms with van der Waals surface area (Å²) in [6.45, 7) is -0.415. The van der Waals surface area contributed by atoms with Crippen LogP contribution in [0.2, 0.25) is 0 Å². The molecule has 0 fully saturated rings. The fourth-order valence-corrected chi connectivity index (χ4v) is 5.50. The lowest BCUT2D eigenvalue weighted by Crippen LogP contribution is -2.21. The van der Waals surface area contributed by atoms with Crippen molar-refractivity contribution in [3.63, 3.8) is 0 Å². The van der Waals surface area contributed by atoms with Crippen molar-refractivity contribution in [2.45, 2.75) is 16.4 Å². The van der Waals surface area contributed by atoms with Crippen LogP contribution < -0.4 is 8.37 Å². The maximum absolute atomic E-state index is 12.5. The summed E-state index contributed by atoms with van der Waals surface area (Å²) >= 11 is 1.73. The third-order valence-electron chi connectivity index (χ3n) is 3.03. The molecule has 0 aromatic heterocycles. The molecule has 0 spiro atoms. The highest BCUT2D eigenvalue weighted by molar-refractivity contribution is 14.1. The first kappa shape index (κ1) is 16.5. The lowest BCUT2D eigenvalue weighted by Gasteiger charge is -2.19. The molecule has 0 amide bonds. The van der Waals surface area contributed by atoms with Gasteiger partial charge in [0.1, 0.15) is 4.90 Å². The Kier molecular flexibility index (Phi) is 4.02. The standard InChI is InChI=1S/C13H9IO7S2/c14-9-5-8(7-15)6-12-13(9)21-22(16,17)11-4-2-1-3-10(11)20-23(12,18)19/h1-6,15H,7H2. The van der Waals surface area contributed by atoms with Gasteiger partial charge in [0.15, 0.2) is 16.4 Å². The summed E-state index contributed by atoms with van der Waals surface area (Å²) in [6, 6.07) is 7.84. The molecular formula is C13H9IO7S2. The molecule has 2 aromatic carbocycles. The molecular weight excluding hydrogens is 459 g/mol. The second-order valence-corrected chi connectivity index (χ2v) is 8.78. The smallest absolute Gasteiger partial charge is 0.343 e. The van der Waals surface area contributed by atoms with E-state index in [-0.39, 0.29) is 25.5 Å². The third-order valence-corrected chi connectivity index (χ3v) is 6.34. The number of aliphatic hydroxyl groups is 1. The predicted octanol–water partition coefficient (Wildman–Crippen LogP) is 1.63. The van der Waals surface area contributed by atoms with Gasteiger partial charge in [-0.2, -0.15) is 16.8 Å². The average Bonchev–Trinajstić information content (AvgIpc) is 2.47. The molecule has 0 radical (unpaired) electrons. The zero-order valence-corrected chi connectivity index (χ0v) is 15.1. The van der Waals surface area contributed by atoms with Crippen molar-refractivity contribution in [1.82, 2.24) is 0 Å². The normalized spacial score (nSPS) is 17.7. The van der Waals surface area contributed by atoms with Gasteiger partial charge < -0.3 is 13.5 Å². The van der Waals surface area contributed by atoms with Crippen LogP contribution in [0.1, 0.15) is 5.56 Å². The van der Waals surface area contributed by atoms with Crippen LogP contribution in [0.15, 0.2) is 46.2 Å². The van der Waals surface area contributed by atoms with Crippen molar-refractivity contribution in [1.29, 1.82) is 0 Å². The number of para-hydroxylation sites is 1. The number of hydrogen-bond acceptors (Lipinski definition) is 7. The summed E-state index contributed by atoms with van der Waals surface area (Å²) in [5.41, 5.74) is 0.287. The molecule has 1 aliphatic heterocycles. The Balaban J connectivity index is 2.35. The molecule has 23 heavy (non-hydrogen) atoms. The van der Waals surface area contributed by atoms with Gasteiger partial charge in [0.25, 0.3) is 0 Å². The summed E-state index contributed by atoms with van der Waals surface area (Å²) in [7, 11) is -8.59. The lowest BCUT2D eigenvalue weighted by molar-refractivity contribution is 0.281. The molecule has 0 saturated heterocycles. The molecule has 1 aliphatic rings. The second-order valence-electron chi connectivity index (χ2n) is 4.58. The monoisotopic (exact) mass is 468 g/mol. The van der Waals surface area contributed by atoms with Gasteiger partial charge in [0.05, 0.1) is 10.2 Å². The Morgan fingerprint density at radius 1 is 0.957 bits per heavy atom. The molecule has 0 atom stereocenters. The van der Waals surface area contributed by atoms with Crippen LogP contribution in [0.25, 0.3) is 0 Å². The number of rotatable bonds is 1. The molecule has 122 valence electrons. The van der Waals surface area contributed by atoms with Crippen molar-refractivity contribution >= 4 is 42.8 Å². The van der Waals surface area contributed by atoms with Crippen molar-refractivity contribution < 1.29 is 30.3 Å². The van der Waals surface area contributed by atoms with Crippen LogP contribution >= 0.6 is 22.6 Å². The first-order chi connectivity index (χ1) is 10.7. The lowest BCUT2D eigenvalue weighted by atomic mass is 10.2. The van der Waals surface area contributed by atoms with Gasteiger partial charge >= 0.3 is 20.2 Å². The van der Waals surface area contributed by atoms with Crippen molar-refractivity contribution in [2.75, 3.05) is 0 Å². The van der Waals surface area contributed by atoms with E-state index < -0.39 is 31.7 Å². The second kappa shape index (κ2) is 5.61. The van der Waals surface area contributed by atoms with Gasteiger partial charge in [-0.3, -0.25) is 0 Å². The summed E-state index contributed by atoms with van der Waals surface area (Å²) < 4.78 is 59.9. The SMILES string of the molecule is O=S1(=O)Oc2c(I)cc(CO)cc2S(=O)(=O)Oc2ccccc21. The van der Waals surface area contributed by atoms with Gasteiger partial charge in [-0.05, 0) is 52.4 Å². The first-order valence-corrected chi connectivity index (χ1v) is 10.1. The van der Waals surface area contributed by atoms with Crippen LogP contribution in [0.5, 0.6) is 11.5 Å². The molecule has 7 nitrogen and oxygen atoms in total. The van der Waals surface area contributed by atoms with Gasteiger partial charge in [-0.25, -0.2) is 0 Å². The molecule has 1 heterocycles. The minimum atomic E-state index is -4.33. The van der Waals surface area contributed by atoms with Crippen LogP contribution in [-0.2, 0) is 26.8 Å². The number of aliphatic hydroxyl groups excluding tert-OH is 1. The van der Waals surface area contributed by atoms with Gasteiger partial charge in [0, 0.05) is 0 Å². The summed E-state index contributed by atoms with van der Waals surface area (Å²) in [5, 5.41) is 9.22. The molecule has 0 bridgehead atoms. The van der Waals surface area contributed by atoms with Crippen molar-refractivity contribution in [3.05, 3.63) is 45.5 Å². The minimum absolute atomic E-state index is 0.222. The Bertz CT molecular complexity index is 997. The van der Waals surface area contributed by atoms with E-state index >= 15 is 0 Å². The topological polar surface area (TPSA) is 107 Å². The zero-order valence-electron chi connectivity index (χ0n) is 11.3. The highest BCUT2D eigenvalue weighted by Gasteiger charge is 2.34. The Morgan fingerprint density at radius 2 is 1.61 bits per heavy atom. The highest BCUT2D eigenvalue weighted by Crippen LogP contribution is 2.39. The van der Waals surface area contributed by atoms with Crippen LogP contribution in [0.3, 0.4) is 0 Å². The quantitative estimate of drug-likeness (QED) is 0.501. The van der Waals surface area contributed by atoms with E-state index in [0.717, 1.165) is 6.07 Å². The zero-order chi connectivity index (χ0) is 16.8. The van der Waals surface area contributed by atoms with E-state index in [1.54, 1.807) is 22.6 Å². The number of fused-ring (bicyclic) bond motifs is 2. The number of hydrogen-bond donors (Lipinski definition) is 1. The van der Waals surface area contributed by atoms with E-state index in [1.807, 2.05) is 0 Å². The van der Waals surface area contributed by atoms with Crippen LogP contribution in [-0.4, -0.2) is 21.9 Å².